The van der Waals surface area contributed by atoms with Crippen LogP contribution in [0.2, 0.25) is 0 Å². The van der Waals surface area contributed by atoms with Crippen LogP contribution in [0, 0.1) is 0 Å². The fourth-order valence-corrected chi connectivity index (χ4v) is 1.33. The molecule has 80 valence electrons. The molecular formula is C11H14N2O2. The van der Waals surface area contributed by atoms with Gasteiger partial charge in [0.1, 0.15) is 5.76 Å². The first-order chi connectivity index (χ1) is 7.31. The summed E-state index contributed by atoms with van der Waals surface area (Å²) in [6, 6.07) is 1.74. The van der Waals surface area contributed by atoms with E-state index < -0.39 is 0 Å². The Morgan fingerprint density at radius 2 is 2.53 bits per heavy atom. The monoisotopic (exact) mass is 206 g/mol. The Bertz CT molecular complexity index is 366. The molecule has 1 fully saturated rings. The maximum atomic E-state index is 11.5. The Kier molecular flexibility index (Phi) is 2.85. The number of hydrogen-bond donors (Lipinski definition) is 1. The second-order valence-corrected chi connectivity index (χ2v) is 3.72. The Labute approximate surface area is 88.3 Å². The summed E-state index contributed by atoms with van der Waals surface area (Å²) < 4.78 is 5.09. The molecule has 0 atom stereocenters. The normalized spacial score (nSPS) is 14.9. The van der Waals surface area contributed by atoms with Crippen LogP contribution >= 0.6 is 0 Å². The van der Waals surface area contributed by atoms with Crippen LogP contribution < -0.4 is 5.32 Å². The average molecular weight is 206 g/mol. The van der Waals surface area contributed by atoms with E-state index in [2.05, 4.69) is 17.1 Å². The van der Waals surface area contributed by atoms with Gasteiger partial charge < -0.3 is 9.84 Å². The maximum Gasteiger partial charge on any atom is 0.273 e. The SMILES string of the molecule is C=CCCNC(=O)c1cc(C2CC2)on1. The van der Waals surface area contributed by atoms with Gasteiger partial charge >= 0.3 is 0 Å². The van der Waals surface area contributed by atoms with Gasteiger partial charge in [0.05, 0.1) is 0 Å². The Hall–Kier alpha value is -1.58. The molecule has 1 amide bonds. The first-order valence-corrected chi connectivity index (χ1v) is 5.17. The molecule has 0 spiro atoms. The van der Waals surface area contributed by atoms with E-state index in [0.717, 1.165) is 25.0 Å². The number of hydrogen-bond acceptors (Lipinski definition) is 3. The first kappa shape index (κ1) is 9.96. The van der Waals surface area contributed by atoms with E-state index in [1.54, 1.807) is 12.1 Å². The molecular weight excluding hydrogens is 192 g/mol. The van der Waals surface area contributed by atoms with E-state index in [1.165, 1.54) is 0 Å². The van der Waals surface area contributed by atoms with Crippen LogP contribution in [0.15, 0.2) is 23.2 Å². The van der Waals surface area contributed by atoms with Gasteiger partial charge in [-0.2, -0.15) is 0 Å². The van der Waals surface area contributed by atoms with Gasteiger partial charge in [0.25, 0.3) is 5.91 Å². The van der Waals surface area contributed by atoms with Crippen molar-refractivity contribution in [2.45, 2.75) is 25.2 Å². The zero-order valence-corrected chi connectivity index (χ0v) is 8.53. The first-order valence-electron chi connectivity index (χ1n) is 5.17. The lowest BCUT2D eigenvalue weighted by Gasteiger charge is -1.97. The van der Waals surface area contributed by atoms with Crippen molar-refractivity contribution >= 4 is 5.91 Å². The number of amides is 1. The van der Waals surface area contributed by atoms with Gasteiger partial charge in [-0.15, -0.1) is 6.58 Å². The Balaban J connectivity index is 1.89. The summed E-state index contributed by atoms with van der Waals surface area (Å²) in [5, 5.41) is 6.48. The summed E-state index contributed by atoms with van der Waals surface area (Å²) in [6.45, 7) is 4.17. The van der Waals surface area contributed by atoms with Crippen molar-refractivity contribution < 1.29 is 9.32 Å². The molecule has 15 heavy (non-hydrogen) atoms. The maximum absolute atomic E-state index is 11.5. The van der Waals surface area contributed by atoms with Crippen LogP contribution in [-0.2, 0) is 0 Å². The van der Waals surface area contributed by atoms with E-state index >= 15 is 0 Å². The molecule has 0 bridgehead atoms. The van der Waals surface area contributed by atoms with E-state index in [4.69, 9.17) is 4.52 Å². The number of rotatable bonds is 5. The van der Waals surface area contributed by atoms with Gasteiger partial charge in [-0.25, -0.2) is 0 Å². The molecule has 1 aromatic heterocycles. The predicted molar refractivity (Wildman–Crippen MR) is 55.6 cm³/mol. The minimum absolute atomic E-state index is 0.174. The summed E-state index contributed by atoms with van der Waals surface area (Å²) in [5.74, 6) is 1.16. The molecule has 0 unspecified atom stereocenters. The minimum Gasteiger partial charge on any atom is -0.360 e. The Morgan fingerprint density at radius 3 is 3.20 bits per heavy atom. The molecule has 1 heterocycles. The average Bonchev–Trinajstić information content (AvgIpc) is 2.97. The molecule has 0 aliphatic heterocycles. The van der Waals surface area contributed by atoms with Crippen molar-refractivity contribution in [3.05, 3.63) is 30.2 Å². The molecule has 1 aromatic rings. The second-order valence-electron chi connectivity index (χ2n) is 3.72. The van der Waals surface area contributed by atoms with E-state index in [1.807, 2.05) is 0 Å². The predicted octanol–water partition coefficient (Wildman–Crippen LogP) is 1.86. The summed E-state index contributed by atoms with van der Waals surface area (Å²) in [7, 11) is 0. The largest absolute Gasteiger partial charge is 0.360 e. The van der Waals surface area contributed by atoms with Gasteiger partial charge in [0, 0.05) is 18.5 Å². The molecule has 4 heteroatoms. The third-order valence-electron chi connectivity index (χ3n) is 2.37. The highest BCUT2D eigenvalue weighted by atomic mass is 16.5. The Morgan fingerprint density at radius 1 is 1.73 bits per heavy atom. The van der Waals surface area contributed by atoms with Crippen LogP contribution in [0.25, 0.3) is 0 Å². The highest BCUT2D eigenvalue weighted by Crippen LogP contribution is 2.40. The summed E-state index contributed by atoms with van der Waals surface area (Å²) >= 11 is 0. The summed E-state index contributed by atoms with van der Waals surface area (Å²) in [4.78, 5) is 11.5. The minimum atomic E-state index is -0.174. The molecule has 4 nitrogen and oxygen atoms in total. The molecule has 1 saturated carbocycles. The standard InChI is InChI=1S/C11H14N2O2/c1-2-3-6-12-11(14)9-7-10(15-13-9)8-4-5-8/h2,7-8H,1,3-6H2,(H,12,14). The third-order valence-corrected chi connectivity index (χ3v) is 2.37. The summed E-state index contributed by atoms with van der Waals surface area (Å²) in [6.07, 6.45) is 4.82. The number of nitrogens with one attached hydrogen (secondary N) is 1. The van der Waals surface area contributed by atoms with Crippen molar-refractivity contribution in [2.75, 3.05) is 6.54 Å². The van der Waals surface area contributed by atoms with Crippen molar-refractivity contribution in [3.63, 3.8) is 0 Å². The molecule has 1 aliphatic carbocycles. The summed E-state index contributed by atoms with van der Waals surface area (Å²) in [5.41, 5.74) is 0.376. The van der Waals surface area contributed by atoms with Gasteiger partial charge in [-0.05, 0) is 19.3 Å². The molecule has 0 radical (unpaired) electrons. The number of nitrogens with zero attached hydrogens (tertiary/aromatic N) is 1. The lowest BCUT2D eigenvalue weighted by atomic mass is 10.3. The van der Waals surface area contributed by atoms with Crippen LogP contribution in [0.5, 0.6) is 0 Å². The fourth-order valence-electron chi connectivity index (χ4n) is 1.33. The van der Waals surface area contributed by atoms with Gasteiger partial charge in [0.2, 0.25) is 0 Å². The van der Waals surface area contributed by atoms with Crippen molar-refractivity contribution in [2.24, 2.45) is 0 Å². The van der Waals surface area contributed by atoms with Crippen LogP contribution in [0.1, 0.15) is 41.4 Å². The van der Waals surface area contributed by atoms with Gasteiger partial charge in [0.15, 0.2) is 5.69 Å². The molecule has 0 aromatic carbocycles. The lowest BCUT2D eigenvalue weighted by molar-refractivity contribution is 0.0945. The quantitative estimate of drug-likeness (QED) is 0.591. The molecule has 2 rings (SSSR count). The second kappa shape index (κ2) is 4.29. The van der Waals surface area contributed by atoms with Crippen molar-refractivity contribution in [3.8, 4) is 0 Å². The number of aromatic nitrogens is 1. The zero-order valence-electron chi connectivity index (χ0n) is 8.53. The van der Waals surface area contributed by atoms with Crippen LogP contribution in [-0.4, -0.2) is 17.6 Å². The lowest BCUT2D eigenvalue weighted by Crippen LogP contribution is -2.24. The van der Waals surface area contributed by atoms with E-state index in [-0.39, 0.29) is 5.91 Å². The fraction of sp³-hybridized carbons (Fsp3) is 0.455. The molecule has 1 aliphatic rings. The molecule has 1 N–H and O–H groups in total. The van der Waals surface area contributed by atoms with Gasteiger partial charge in [-0.1, -0.05) is 11.2 Å². The third kappa shape index (κ3) is 2.46. The van der Waals surface area contributed by atoms with E-state index in [9.17, 15) is 4.79 Å². The topological polar surface area (TPSA) is 55.1 Å². The van der Waals surface area contributed by atoms with E-state index in [0.29, 0.717) is 18.2 Å². The highest BCUT2D eigenvalue weighted by molar-refractivity contribution is 5.92. The van der Waals surface area contributed by atoms with Crippen molar-refractivity contribution in [1.82, 2.24) is 10.5 Å². The van der Waals surface area contributed by atoms with Crippen molar-refractivity contribution in [1.29, 1.82) is 0 Å². The molecule has 0 saturated heterocycles. The van der Waals surface area contributed by atoms with Gasteiger partial charge in [-0.3, -0.25) is 4.79 Å². The van der Waals surface area contributed by atoms with Crippen LogP contribution in [0.3, 0.4) is 0 Å². The number of carbonyl (C=O) groups is 1. The number of carbonyl (C=O) groups excluding carboxylic acids is 1. The van der Waals surface area contributed by atoms with Crippen LogP contribution in [0.4, 0.5) is 0 Å². The zero-order chi connectivity index (χ0) is 10.7. The highest BCUT2D eigenvalue weighted by Gasteiger charge is 2.28. The smallest absolute Gasteiger partial charge is 0.273 e.